The van der Waals surface area contributed by atoms with Gasteiger partial charge in [-0.2, -0.15) is 0 Å². The summed E-state index contributed by atoms with van der Waals surface area (Å²) in [7, 11) is 0. The molecule has 1 heterocycles. The van der Waals surface area contributed by atoms with Gasteiger partial charge in [0, 0.05) is 12.6 Å². The van der Waals surface area contributed by atoms with Crippen molar-refractivity contribution in [2.75, 3.05) is 19.8 Å². The van der Waals surface area contributed by atoms with Crippen LogP contribution in [0.4, 0.5) is 0 Å². The molecule has 0 aromatic heterocycles. The lowest BCUT2D eigenvalue weighted by Gasteiger charge is -2.40. The van der Waals surface area contributed by atoms with Crippen LogP contribution in [0.1, 0.15) is 39.0 Å². The molecule has 2 fully saturated rings. The highest BCUT2D eigenvalue weighted by atomic mass is 16.5. The van der Waals surface area contributed by atoms with Gasteiger partial charge in [0.05, 0.1) is 25.7 Å². The fourth-order valence-corrected chi connectivity index (χ4v) is 3.09. The molecule has 2 rings (SSSR count). The van der Waals surface area contributed by atoms with E-state index in [9.17, 15) is 9.90 Å². The number of aliphatic hydroxyl groups is 1. The second kappa shape index (κ2) is 5.83. The summed E-state index contributed by atoms with van der Waals surface area (Å²) in [6.07, 6.45) is 4.00. The molecule has 1 aliphatic heterocycles. The molecule has 2 aliphatic rings. The molecule has 4 nitrogen and oxygen atoms in total. The van der Waals surface area contributed by atoms with Crippen LogP contribution in [0, 0.1) is 5.92 Å². The molecule has 1 saturated heterocycles. The monoisotopic (exact) mass is 241 g/mol. The highest BCUT2D eigenvalue weighted by molar-refractivity contribution is 5.76. The van der Waals surface area contributed by atoms with E-state index in [0.29, 0.717) is 32.1 Å². The van der Waals surface area contributed by atoms with E-state index in [1.807, 2.05) is 4.90 Å². The lowest BCUT2D eigenvalue weighted by Crippen LogP contribution is -2.48. The zero-order chi connectivity index (χ0) is 12.3. The van der Waals surface area contributed by atoms with Crippen LogP contribution in [0.25, 0.3) is 0 Å². The van der Waals surface area contributed by atoms with Crippen molar-refractivity contribution < 1.29 is 14.6 Å². The molecule has 0 aromatic carbocycles. The predicted octanol–water partition coefficient (Wildman–Crippen LogP) is 1.17. The van der Waals surface area contributed by atoms with Gasteiger partial charge in [0.15, 0.2) is 0 Å². The summed E-state index contributed by atoms with van der Waals surface area (Å²) in [5.74, 6) is 0.737. The minimum atomic E-state index is -0.236. The first-order valence-electron chi connectivity index (χ1n) is 6.77. The van der Waals surface area contributed by atoms with E-state index in [4.69, 9.17) is 4.74 Å². The summed E-state index contributed by atoms with van der Waals surface area (Å²) >= 11 is 0. The van der Waals surface area contributed by atoms with E-state index in [2.05, 4.69) is 6.92 Å². The fraction of sp³-hybridized carbons (Fsp3) is 0.923. The molecule has 1 N–H and O–H groups in total. The smallest absolute Gasteiger partial charge is 0.225 e. The molecule has 3 atom stereocenters. The number of carbonyl (C=O) groups is 1. The Kier molecular flexibility index (Phi) is 4.40. The van der Waals surface area contributed by atoms with Gasteiger partial charge in [-0.25, -0.2) is 0 Å². The van der Waals surface area contributed by atoms with E-state index in [1.165, 1.54) is 0 Å². The third kappa shape index (κ3) is 2.99. The van der Waals surface area contributed by atoms with Crippen LogP contribution in [-0.4, -0.2) is 47.8 Å². The third-order valence-corrected chi connectivity index (χ3v) is 4.11. The molecule has 17 heavy (non-hydrogen) atoms. The minimum absolute atomic E-state index is 0.194. The summed E-state index contributed by atoms with van der Waals surface area (Å²) in [6, 6.07) is 0.220. The Balaban J connectivity index is 2.07. The molecular weight excluding hydrogens is 218 g/mol. The topological polar surface area (TPSA) is 49.8 Å². The van der Waals surface area contributed by atoms with E-state index in [-0.39, 0.29) is 18.1 Å². The first kappa shape index (κ1) is 12.8. The molecule has 0 spiro atoms. The number of nitrogens with zero attached hydrogens (tertiary/aromatic N) is 1. The van der Waals surface area contributed by atoms with Crippen LogP contribution in [0.2, 0.25) is 0 Å². The third-order valence-electron chi connectivity index (χ3n) is 4.11. The van der Waals surface area contributed by atoms with Gasteiger partial charge in [-0.3, -0.25) is 4.79 Å². The van der Waals surface area contributed by atoms with Gasteiger partial charge < -0.3 is 14.7 Å². The quantitative estimate of drug-likeness (QED) is 0.789. The van der Waals surface area contributed by atoms with Crippen molar-refractivity contribution in [3.63, 3.8) is 0 Å². The number of hydrogen-bond acceptors (Lipinski definition) is 3. The molecule has 98 valence electrons. The molecule has 4 heteroatoms. The van der Waals surface area contributed by atoms with Gasteiger partial charge in [0.1, 0.15) is 0 Å². The number of aliphatic hydroxyl groups excluding tert-OH is 1. The number of rotatable bonds is 2. The Morgan fingerprint density at radius 1 is 1.41 bits per heavy atom. The Morgan fingerprint density at radius 3 is 3.00 bits per heavy atom. The Labute approximate surface area is 103 Å². The van der Waals surface area contributed by atoms with Crippen molar-refractivity contribution in [3.05, 3.63) is 0 Å². The maximum atomic E-state index is 12.0. The Hall–Kier alpha value is -0.610. The minimum Gasteiger partial charge on any atom is -0.393 e. The van der Waals surface area contributed by atoms with Gasteiger partial charge in [-0.05, 0) is 25.2 Å². The molecule has 1 saturated carbocycles. The second-order valence-corrected chi connectivity index (χ2v) is 5.15. The van der Waals surface area contributed by atoms with Crippen molar-refractivity contribution in [1.29, 1.82) is 0 Å². The summed E-state index contributed by atoms with van der Waals surface area (Å²) in [6.45, 7) is 4.04. The van der Waals surface area contributed by atoms with Crippen LogP contribution < -0.4 is 0 Å². The normalized spacial score (nSPS) is 35.8. The fourth-order valence-electron chi connectivity index (χ4n) is 3.09. The maximum absolute atomic E-state index is 12.0. The van der Waals surface area contributed by atoms with Crippen molar-refractivity contribution >= 4 is 5.91 Å². The number of ether oxygens (including phenoxy) is 1. The van der Waals surface area contributed by atoms with Gasteiger partial charge in [-0.1, -0.05) is 13.3 Å². The Morgan fingerprint density at radius 2 is 2.24 bits per heavy atom. The average molecular weight is 241 g/mol. The molecular formula is C13H23NO3. The summed E-state index contributed by atoms with van der Waals surface area (Å²) in [5.41, 5.74) is 0. The lowest BCUT2D eigenvalue weighted by atomic mass is 9.80. The van der Waals surface area contributed by atoms with E-state index < -0.39 is 0 Å². The first-order valence-corrected chi connectivity index (χ1v) is 6.77. The van der Waals surface area contributed by atoms with Crippen molar-refractivity contribution in [1.82, 2.24) is 4.90 Å². The largest absolute Gasteiger partial charge is 0.393 e. The van der Waals surface area contributed by atoms with Gasteiger partial charge in [-0.15, -0.1) is 0 Å². The number of hydrogen-bond donors (Lipinski definition) is 1. The van der Waals surface area contributed by atoms with Crippen LogP contribution in [-0.2, 0) is 9.53 Å². The van der Waals surface area contributed by atoms with Gasteiger partial charge >= 0.3 is 0 Å². The van der Waals surface area contributed by atoms with Crippen molar-refractivity contribution in [2.45, 2.75) is 51.2 Å². The average Bonchev–Trinajstić information content (AvgIpc) is 2.54. The van der Waals surface area contributed by atoms with Crippen LogP contribution in [0.5, 0.6) is 0 Å². The summed E-state index contributed by atoms with van der Waals surface area (Å²) < 4.78 is 5.36. The maximum Gasteiger partial charge on any atom is 0.225 e. The van der Waals surface area contributed by atoms with Crippen LogP contribution >= 0.6 is 0 Å². The van der Waals surface area contributed by atoms with Crippen LogP contribution in [0.15, 0.2) is 0 Å². The highest BCUT2D eigenvalue weighted by Crippen LogP contribution is 2.31. The van der Waals surface area contributed by atoms with Crippen molar-refractivity contribution in [2.24, 2.45) is 5.92 Å². The van der Waals surface area contributed by atoms with Gasteiger partial charge in [0.25, 0.3) is 0 Å². The number of amides is 1. The lowest BCUT2D eigenvalue weighted by molar-refractivity contribution is -0.135. The SMILES string of the molecule is CCC1CCC(O)CC1N1CCOCCC1=O. The second-order valence-electron chi connectivity index (χ2n) is 5.15. The Bertz CT molecular complexity index is 269. The van der Waals surface area contributed by atoms with E-state index >= 15 is 0 Å². The zero-order valence-electron chi connectivity index (χ0n) is 10.6. The summed E-state index contributed by atoms with van der Waals surface area (Å²) in [4.78, 5) is 14.0. The zero-order valence-corrected chi connectivity index (χ0v) is 10.6. The highest BCUT2D eigenvalue weighted by Gasteiger charge is 2.35. The molecule has 0 aromatic rings. The van der Waals surface area contributed by atoms with Gasteiger partial charge in [0.2, 0.25) is 5.91 Å². The molecule has 3 unspecified atom stereocenters. The van der Waals surface area contributed by atoms with Crippen molar-refractivity contribution in [3.8, 4) is 0 Å². The molecule has 0 radical (unpaired) electrons. The standard InChI is InChI=1S/C13H23NO3/c1-2-10-3-4-11(15)9-12(10)14-6-8-17-7-5-13(14)16/h10-12,15H,2-9H2,1H3. The summed E-state index contributed by atoms with van der Waals surface area (Å²) in [5, 5.41) is 9.81. The number of carbonyl (C=O) groups excluding carboxylic acids is 1. The van der Waals surface area contributed by atoms with E-state index in [0.717, 1.165) is 25.7 Å². The molecule has 1 aliphatic carbocycles. The molecule has 0 bridgehead atoms. The first-order chi connectivity index (χ1) is 8.22. The van der Waals surface area contributed by atoms with Crippen LogP contribution in [0.3, 0.4) is 0 Å². The molecule has 1 amide bonds. The van der Waals surface area contributed by atoms with E-state index in [1.54, 1.807) is 0 Å². The predicted molar refractivity (Wildman–Crippen MR) is 64.6 cm³/mol.